The second-order valence-corrected chi connectivity index (χ2v) is 6.59. The quantitative estimate of drug-likeness (QED) is 0.730. The Labute approximate surface area is 155 Å². The average Bonchev–Trinajstić information content (AvgIpc) is 3.11. The maximum Gasteiger partial charge on any atom is 0.418 e. The molecule has 0 saturated carbocycles. The van der Waals surface area contributed by atoms with E-state index in [-0.39, 0.29) is 12.8 Å². The third-order valence-corrected chi connectivity index (χ3v) is 4.98. The highest BCUT2D eigenvalue weighted by atomic mass is 19.4. The van der Waals surface area contributed by atoms with Crippen LogP contribution in [0.2, 0.25) is 0 Å². The number of piperidine rings is 1. The molecule has 4 rings (SSSR count). The molecule has 0 amide bonds. The molecule has 2 N–H and O–H groups in total. The molecule has 27 heavy (non-hydrogen) atoms. The van der Waals surface area contributed by atoms with Crippen LogP contribution in [0, 0.1) is 0 Å². The molecule has 0 atom stereocenters. The number of rotatable bonds is 3. The number of aromatic nitrogens is 4. The number of aromatic amines is 1. The molecule has 0 spiro atoms. The van der Waals surface area contributed by atoms with E-state index >= 15 is 0 Å². The first-order chi connectivity index (χ1) is 13.0. The van der Waals surface area contributed by atoms with Crippen LogP contribution in [0.4, 0.5) is 19.0 Å². The van der Waals surface area contributed by atoms with Crippen molar-refractivity contribution in [3.63, 3.8) is 0 Å². The molecule has 1 fully saturated rings. The van der Waals surface area contributed by atoms with Gasteiger partial charge in [0.2, 0.25) is 0 Å². The lowest BCUT2D eigenvalue weighted by Crippen LogP contribution is -2.41. The minimum atomic E-state index is -4.51. The molecule has 4 heterocycles. The van der Waals surface area contributed by atoms with E-state index in [1.54, 1.807) is 18.3 Å². The number of halogens is 3. The molecule has 1 saturated heterocycles. The van der Waals surface area contributed by atoms with Gasteiger partial charge in [0.25, 0.3) is 0 Å². The standard InChI is InChI=1S/C18H19F3N6.H2/c1-22-11-6-9-27(10-7-11)14-5-4-13(18(19,20)21)16(24-14)15-12-3-2-8-23-17(12)26-25-15;/h2-5,8,11,22H,6-7,9-10H2,1H3,(H,23,25,26);1H. The number of alkyl halides is 3. The van der Waals surface area contributed by atoms with Gasteiger partial charge in [-0.2, -0.15) is 18.3 Å². The van der Waals surface area contributed by atoms with Gasteiger partial charge in [-0.3, -0.25) is 5.10 Å². The van der Waals surface area contributed by atoms with Crippen molar-refractivity contribution in [2.45, 2.75) is 25.1 Å². The molecule has 0 aromatic carbocycles. The minimum Gasteiger partial charge on any atom is -0.356 e. The van der Waals surface area contributed by atoms with E-state index in [2.05, 4.69) is 25.5 Å². The Morgan fingerprint density at radius 3 is 2.70 bits per heavy atom. The van der Waals surface area contributed by atoms with Gasteiger partial charge in [-0.1, -0.05) is 0 Å². The Morgan fingerprint density at radius 1 is 1.22 bits per heavy atom. The van der Waals surface area contributed by atoms with Gasteiger partial charge < -0.3 is 10.2 Å². The van der Waals surface area contributed by atoms with E-state index < -0.39 is 11.7 Å². The predicted molar refractivity (Wildman–Crippen MR) is 98.5 cm³/mol. The van der Waals surface area contributed by atoms with Crippen molar-refractivity contribution < 1.29 is 14.6 Å². The Hall–Kier alpha value is -2.68. The van der Waals surface area contributed by atoms with E-state index in [0.29, 0.717) is 22.9 Å². The van der Waals surface area contributed by atoms with E-state index in [4.69, 9.17) is 0 Å². The molecule has 144 valence electrons. The van der Waals surface area contributed by atoms with Gasteiger partial charge in [-0.25, -0.2) is 9.97 Å². The van der Waals surface area contributed by atoms with Crippen molar-refractivity contribution in [3.8, 4) is 11.4 Å². The highest BCUT2D eigenvalue weighted by Crippen LogP contribution is 2.38. The molecule has 0 bridgehead atoms. The number of pyridine rings is 2. The van der Waals surface area contributed by atoms with Crippen LogP contribution in [0.5, 0.6) is 0 Å². The summed E-state index contributed by atoms with van der Waals surface area (Å²) in [5.41, 5.74) is -0.336. The zero-order chi connectivity index (χ0) is 19.0. The van der Waals surface area contributed by atoms with Gasteiger partial charge >= 0.3 is 6.18 Å². The topological polar surface area (TPSA) is 69.7 Å². The lowest BCUT2D eigenvalue weighted by Gasteiger charge is -2.33. The average molecular weight is 378 g/mol. The first-order valence-electron chi connectivity index (χ1n) is 8.77. The first kappa shape index (κ1) is 17.7. The number of anilines is 1. The van der Waals surface area contributed by atoms with Gasteiger partial charge in [0.15, 0.2) is 5.65 Å². The summed E-state index contributed by atoms with van der Waals surface area (Å²) in [5.74, 6) is 0.541. The van der Waals surface area contributed by atoms with E-state index in [1.165, 1.54) is 6.07 Å². The van der Waals surface area contributed by atoms with Crippen LogP contribution in [0.25, 0.3) is 22.4 Å². The smallest absolute Gasteiger partial charge is 0.356 e. The van der Waals surface area contributed by atoms with Gasteiger partial charge in [0.1, 0.15) is 11.5 Å². The van der Waals surface area contributed by atoms with Crippen molar-refractivity contribution in [3.05, 3.63) is 36.0 Å². The zero-order valence-electron chi connectivity index (χ0n) is 14.7. The largest absolute Gasteiger partial charge is 0.418 e. The lowest BCUT2D eigenvalue weighted by molar-refractivity contribution is -0.137. The summed E-state index contributed by atoms with van der Waals surface area (Å²) in [7, 11) is 1.92. The third kappa shape index (κ3) is 3.34. The normalized spacial score (nSPS) is 16.2. The summed E-state index contributed by atoms with van der Waals surface area (Å²) in [5, 5.41) is 10.5. The van der Waals surface area contributed by atoms with Crippen molar-refractivity contribution in [1.29, 1.82) is 0 Å². The molecular weight excluding hydrogens is 357 g/mol. The third-order valence-electron chi connectivity index (χ3n) is 4.98. The summed E-state index contributed by atoms with van der Waals surface area (Å²) < 4.78 is 40.8. The lowest BCUT2D eigenvalue weighted by atomic mass is 10.0. The summed E-state index contributed by atoms with van der Waals surface area (Å²) in [4.78, 5) is 10.5. The number of nitrogens with zero attached hydrogens (tertiary/aromatic N) is 4. The van der Waals surface area contributed by atoms with Crippen molar-refractivity contribution >= 4 is 16.9 Å². The Bertz CT molecular complexity index is 950. The summed E-state index contributed by atoms with van der Waals surface area (Å²) in [6.07, 6.45) is -1.12. The van der Waals surface area contributed by atoms with Gasteiger partial charge in [-0.05, 0) is 44.2 Å². The predicted octanol–water partition coefficient (Wildman–Crippen LogP) is 3.47. The fraction of sp³-hybridized carbons (Fsp3) is 0.389. The first-order valence-corrected chi connectivity index (χ1v) is 8.77. The second kappa shape index (κ2) is 6.80. The molecule has 0 aliphatic carbocycles. The van der Waals surface area contributed by atoms with Crippen LogP contribution in [0.1, 0.15) is 19.8 Å². The monoisotopic (exact) mass is 378 g/mol. The van der Waals surface area contributed by atoms with Gasteiger partial charge in [-0.15, -0.1) is 0 Å². The summed E-state index contributed by atoms with van der Waals surface area (Å²) in [6, 6.07) is 6.33. The molecule has 1 aliphatic heterocycles. The second-order valence-electron chi connectivity index (χ2n) is 6.59. The maximum atomic E-state index is 13.6. The molecule has 6 nitrogen and oxygen atoms in total. The fourth-order valence-corrected chi connectivity index (χ4v) is 3.47. The van der Waals surface area contributed by atoms with Crippen LogP contribution in [-0.4, -0.2) is 46.3 Å². The highest BCUT2D eigenvalue weighted by molar-refractivity contribution is 5.90. The van der Waals surface area contributed by atoms with Crippen molar-refractivity contribution in [2.24, 2.45) is 0 Å². The van der Waals surface area contributed by atoms with Crippen LogP contribution < -0.4 is 10.2 Å². The number of hydrogen-bond acceptors (Lipinski definition) is 5. The van der Waals surface area contributed by atoms with E-state index in [0.717, 1.165) is 32.0 Å². The van der Waals surface area contributed by atoms with Crippen LogP contribution in [0.15, 0.2) is 30.5 Å². The summed E-state index contributed by atoms with van der Waals surface area (Å²) >= 11 is 0. The number of hydrogen-bond donors (Lipinski definition) is 2. The molecular formula is C18H21F3N6. The van der Waals surface area contributed by atoms with Crippen LogP contribution in [0.3, 0.4) is 0 Å². The van der Waals surface area contributed by atoms with Crippen LogP contribution >= 0.6 is 0 Å². The minimum absolute atomic E-state index is 0. The Kier molecular flexibility index (Phi) is 4.47. The fourth-order valence-electron chi connectivity index (χ4n) is 3.47. The molecule has 0 unspecified atom stereocenters. The summed E-state index contributed by atoms with van der Waals surface area (Å²) in [6.45, 7) is 1.49. The van der Waals surface area contributed by atoms with Crippen molar-refractivity contribution in [2.75, 3.05) is 25.0 Å². The van der Waals surface area contributed by atoms with Gasteiger partial charge in [0, 0.05) is 32.1 Å². The molecule has 0 radical (unpaired) electrons. The highest BCUT2D eigenvalue weighted by Gasteiger charge is 2.36. The number of nitrogens with one attached hydrogen (secondary N) is 2. The Balaban J connectivity index is 0.00000225. The molecule has 1 aliphatic rings. The maximum absolute atomic E-state index is 13.6. The van der Waals surface area contributed by atoms with Gasteiger partial charge in [0.05, 0.1) is 11.3 Å². The zero-order valence-corrected chi connectivity index (χ0v) is 14.7. The number of fused-ring (bicyclic) bond motifs is 1. The molecule has 3 aromatic rings. The number of H-pyrrole nitrogens is 1. The Morgan fingerprint density at radius 2 is 2.00 bits per heavy atom. The van der Waals surface area contributed by atoms with Crippen LogP contribution in [-0.2, 0) is 6.18 Å². The van der Waals surface area contributed by atoms with Crippen molar-refractivity contribution in [1.82, 2.24) is 25.5 Å². The van der Waals surface area contributed by atoms with E-state index in [9.17, 15) is 13.2 Å². The van der Waals surface area contributed by atoms with E-state index in [1.807, 2.05) is 11.9 Å². The molecule has 3 aromatic heterocycles. The molecule has 9 heteroatoms. The SMILES string of the molecule is CNC1CCN(c2ccc(C(F)(F)F)c(-c3[nH]nc4ncccc34)n2)CC1.[HH].